The van der Waals surface area contributed by atoms with Crippen LogP contribution in [-0.4, -0.2) is 16.5 Å². The fourth-order valence-corrected chi connectivity index (χ4v) is 1.92. The zero-order valence-electron chi connectivity index (χ0n) is 8.03. The van der Waals surface area contributed by atoms with E-state index in [-0.39, 0.29) is 0 Å². The van der Waals surface area contributed by atoms with Gasteiger partial charge in [0.05, 0.1) is 11.9 Å². The Morgan fingerprint density at radius 1 is 1.64 bits per heavy atom. The first-order chi connectivity index (χ1) is 6.81. The monoisotopic (exact) mass is 207 g/mol. The number of aromatic nitrogens is 2. The average molecular weight is 207 g/mol. The summed E-state index contributed by atoms with van der Waals surface area (Å²) in [4.78, 5) is 7.59. The standard InChI is InChI=1S/C10H13N3S/c1-7(4-11)10-12-5-9(13-10)8-2-3-14-6-8/h2-3,5-7H,4,11H2,1H3,(H,12,13). The number of hydrogen-bond acceptors (Lipinski definition) is 3. The van der Waals surface area contributed by atoms with Gasteiger partial charge in [0.1, 0.15) is 5.82 Å². The number of hydrogen-bond donors (Lipinski definition) is 2. The van der Waals surface area contributed by atoms with Gasteiger partial charge >= 0.3 is 0 Å². The first kappa shape index (κ1) is 9.43. The predicted octanol–water partition coefficient (Wildman–Crippen LogP) is 2.20. The molecular weight excluding hydrogens is 194 g/mol. The maximum atomic E-state index is 5.57. The molecule has 0 amide bonds. The van der Waals surface area contributed by atoms with Crippen molar-refractivity contribution in [2.45, 2.75) is 12.8 Å². The maximum Gasteiger partial charge on any atom is 0.110 e. The van der Waals surface area contributed by atoms with Gasteiger partial charge in [-0.3, -0.25) is 0 Å². The third-order valence-electron chi connectivity index (χ3n) is 2.25. The molecule has 1 unspecified atom stereocenters. The third kappa shape index (κ3) is 1.71. The molecule has 0 fully saturated rings. The lowest BCUT2D eigenvalue weighted by Gasteiger charge is -2.02. The summed E-state index contributed by atoms with van der Waals surface area (Å²) in [5, 5.41) is 4.16. The molecule has 0 saturated heterocycles. The molecular formula is C10H13N3S. The number of nitrogens with zero attached hydrogens (tertiary/aromatic N) is 1. The fraction of sp³-hybridized carbons (Fsp3) is 0.300. The summed E-state index contributed by atoms with van der Waals surface area (Å²) in [6.07, 6.45) is 1.86. The number of H-pyrrole nitrogens is 1. The Bertz CT molecular complexity index is 391. The molecule has 0 aliphatic heterocycles. The zero-order valence-corrected chi connectivity index (χ0v) is 8.84. The Hall–Kier alpha value is -1.13. The minimum atomic E-state index is 0.294. The van der Waals surface area contributed by atoms with Gasteiger partial charge in [-0.15, -0.1) is 0 Å². The van der Waals surface area contributed by atoms with Gasteiger partial charge in [-0.25, -0.2) is 4.98 Å². The number of nitrogens with one attached hydrogen (secondary N) is 1. The minimum absolute atomic E-state index is 0.294. The van der Waals surface area contributed by atoms with Crippen LogP contribution in [0.5, 0.6) is 0 Å². The molecule has 0 saturated carbocycles. The Labute approximate surface area is 87.0 Å². The molecule has 2 heterocycles. The van der Waals surface area contributed by atoms with E-state index in [1.807, 2.05) is 6.20 Å². The fourth-order valence-electron chi connectivity index (χ4n) is 1.26. The Morgan fingerprint density at radius 3 is 3.14 bits per heavy atom. The van der Waals surface area contributed by atoms with Crippen LogP contribution in [-0.2, 0) is 0 Å². The summed E-state index contributed by atoms with van der Waals surface area (Å²) < 4.78 is 0. The van der Waals surface area contributed by atoms with Crippen LogP contribution in [0.25, 0.3) is 11.3 Å². The largest absolute Gasteiger partial charge is 0.342 e. The van der Waals surface area contributed by atoms with Gasteiger partial charge in [0, 0.05) is 23.4 Å². The summed E-state index contributed by atoms with van der Waals surface area (Å²) in [6, 6.07) is 2.08. The molecule has 1 atom stereocenters. The van der Waals surface area contributed by atoms with Crippen molar-refractivity contribution in [1.29, 1.82) is 0 Å². The molecule has 0 aromatic carbocycles. The first-order valence-corrected chi connectivity index (χ1v) is 5.53. The highest BCUT2D eigenvalue weighted by molar-refractivity contribution is 7.08. The van der Waals surface area contributed by atoms with Crippen molar-refractivity contribution < 1.29 is 0 Å². The van der Waals surface area contributed by atoms with Gasteiger partial charge in [-0.2, -0.15) is 11.3 Å². The van der Waals surface area contributed by atoms with Crippen molar-refractivity contribution in [3.05, 3.63) is 28.8 Å². The van der Waals surface area contributed by atoms with Gasteiger partial charge in [-0.05, 0) is 11.4 Å². The van der Waals surface area contributed by atoms with Crippen molar-refractivity contribution in [2.24, 2.45) is 5.73 Å². The summed E-state index contributed by atoms with van der Waals surface area (Å²) in [7, 11) is 0. The number of imidazole rings is 1. The smallest absolute Gasteiger partial charge is 0.110 e. The second-order valence-electron chi connectivity index (χ2n) is 3.33. The molecule has 2 aromatic heterocycles. The van der Waals surface area contributed by atoms with Gasteiger partial charge in [0.25, 0.3) is 0 Å². The van der Waals surface area contributed by atoms with Crippen molar-refractivity contribution in [3.8, 4) is 11.3 Å². The molecule has 74 valence electrons. The van der Waals surface area contributed by atoms with Crippen LogP contribution >= 0.6 is 11.3 Å². The number of thiophene rings is 1. The number of nitrogens with two attached hydrogens (primary N) is 1. The Balaban J connectivity index is 2.26. The summed E-state index contributed by atoms with van der Waals surface area (Å²) in [5.74, 6) is 1.26. The Kier molecular flexibility index (Phi) is 2.65. The molecule has 0 radical (unpaired) electrons. The average Bonchev–Trinajstić information content (AvgIpc) is 2.86. The van der Waals surface area contributed by atoms with E-state index in [0.717, 1.165) is 11.5 Å². The maximum absolute atomic E-state index is 5.57. The lowest BCUT2D eigenvalue weighted by Crippen LogP contribution is -2.10. The molecule has 0 aliphatic carbocycles. The quantitative estimate of drug-likeness (QED) is 0.810. The van der Waals surface area contributed by atoms with Crippen molar-refractivity contribution in [3.63, 3.8) is 0 Å². The normalized spacial score (nSPS) is 13.0. The van der Waals surface area contributed by atoms with Gasteiger partial charge in [0.2, 0.25) is 0 Å². The summed E-state index contributed by atoms with van der Waals surface area (Å²) >= 11 is 1.69. The first-order valence-electron chi connectivity index (χ1n) is 4.59. The van der Waals surface area contributed by atoms with E-state index in [1.165, 1.54) is 5.56 Å². The van der Waals surface area contributed by atoms with E-state index in [4.69, 9.17) is 5.73 Å². The Morgan fingerprint density at radius 2 is 2.50 bits per heavy atom. The molecule has 4 heteroatoms. The van der Waals surface area contributed by atoms with E-state index in [1.54, 1.807) is 11.3 Å². The van der Waals surface area contributed by atoms with E-state index >= 15 is 0 Å². The highest BCUT2D eigenvalue weighted by Crippen LogP contribution is 2.21. The van der Waals surface area contributed by atoms with Crippen molar-refractivity contribution in [2.75, 3.05) is 6.54 Å². The lowest BCUT2D eigenvalue weighted by molar-refractivity contribution is 0.725. The third-order valence-corrected chi connectivity index (χ3v) is 2.93. The molecule has 0 bridgehead atoms. The molecule has 2 aromatic rings. The van der Waals surface area contributed by atoms with E-state index in [0.29, 0.717) is 12.5 Å². The van der Waals surface area contributed by atoms with Crippen LogP contribution in [0.1, 0.15) is 18.7 Å². The molecule has 0 aliphatic rings. The van der Waals surface area contributed by atoms with E-state index < -0.39 is 0 Å². The van der Waals surface area contributed by atoms with Crippen molar-refractivity contribution in [1.82, 2.24) is 9.97 Å². The predicted molar refractivity (Wildman–Crippen MR) is 59.4 cm³/mol. The molecule has 3 N–H and O–H groups in total. The van der Waals surface area contributed by atoms with Crippen molar-refractivity contribution >= 4 is 11.3 Å². The summed E-state index contributed by atoms with van der Waals surface area (Å²) in [5.41, 5.74) is 7.84. The minimum Gasteiger partial charge on any atom is -0.342 e. The second kappa shape index (κ2) is 3.94. The summed E-state index contributed by atoms with van der Waals surface area (Å²) in [6.45, 7) is 2.69. The van der Waals surface area contributed by atoms with Crippen LogP contribution in [0.2, 0.25) is 0 Å². The van der Waals surface area contributed by atoms with Gasteiger partial charge < -0.3 is 10.7 Å². The highest BCUT2D eigenvalue weighted by Gasteiger charge is 2.08. The van der Waals surface area contributed by atoms with Crippen LogP contribution in [0.15, 0.2) is 23.0 Å². The molecule has 0 spiro atoms. The molecule has 2 rings (SSSR count). The zero-order chi connectivity index (χ0) is 9.97. The number of aromatic amines is 1. The second-order valence-corrected chi connectivity index (χ2v) is 4.11. The topological polar surface area (TPSA) is 54.7 Å². The SMILES string of the molecule is CC(CN)c1ncc(-c2ccsc2)[nH]1. The lowest BCUT2D eigenvalue weighted by atomic mass is 10.2. The van der Waals surface area contributed by atoms with E-state index in [9.17, 15) is 0 Å². The molecule has 3 nitrogen and oxygen atoms in total. The van der Waals surface area contributed by atoms with Crippen LogP contribution < -0.4 is 5.73 Å². The molecule has 14 heavy (non-hydrogen) atoms. The number of rotatable bonds is 3. The van der Waals surface area contributed by atoms with Gasteiger partial charge in [0.15, 0.2) is 0 Å². The van der Waals surface area contributed by atoms with Crippen LogP contribution in [0.4, 0.5) is 0 Å². The van der Waals surface area contributed by atoms with E-state index in [2.05, 4.69) is 33.7 Å². The highest BCUT2D eigenvalue weighted by atomic mass is 32.1. The van der Waals surface area contributed by atoms with Crippen LogP contribution in [0, 0.1) is 0 Å². The van der Waals surface area contributed by atoms with Crippen LogP contribution in [0.3, 0.4) is 0 Å². The van der Waals surface area contributed by atoms with Gasteiger partial charge in [-0.1, -0.05) is 6.92 Å².